The fourth-order valence-corrected chi connectivity index (χ4v) is 12.2. The van der Waals surface area contributed by atoms with E-state index in [4.69, 9.17) is 4.42 Å². The molecule has 13 rings (SSSR count). The quantitative estimate of drug-likeness (QED) is 0.156. The lowest BCUT2D eigenvalue weighted by Crippen LogP contribution is -2.56. The van der Waals surface area contributed by atoms with Gasteiger partial charge in [0.15, 0.2) is 5.58 Å². The van der Waals surface area contributed by atoms with Gasteiger partial charge in [0.05, 0.1) is 11.2 Å². The van der Waals surface area contributed by atoms with Crippen LogP contribution in [0.5, 0.6) is 0 Å². The van der Waals surface area contributed by atoms with Crippen LogP contribution in [0, 0.1) is 6.92 Å². The number of fused-ring (bicyclic) bond motifs is 15. The van der Waals surface area contributed by atoms with Crippen molar-refractivity contribution in [2.45, 2.75) is 58.3 Å². The normalized spacial score (nSPS) is 16.4. The number of hydrogen-bond acceptors (Lipinski definition) is 3. The van der Waals surface area contributed by atoms with Crippen molar-refractivity contribution in [3.8, 4) is 11.1 Å². The smallest absolute Gasteiger partial charge is 0.333 e. The molecule has 1 aliphatic carbocycles. The van der Waals surface area contributed by atoms with Crippen LogP contribution in [0.3, 0.4) is 0 Å². The molecule has 3 aromatic heterocycles. The molecule has 0 saturated carbocycles. The van der Waals surface area contributed by atoms with Gasteiger partial charge in [0.1, 0.15) is 5.58 Å². The van der Waals surface area contributed by atoms with E-state index >= 15 is 0 Å². The molecule has 268 valence electrons. The number of aromatic nitrogens is 1. The Labute approximate surface area is 329 Å². The summed E-state index contributed by atoms with van der Waals surface area (Å²) in [5.74, 6) is 0. The lowest BCUT2D eigenvalue weighted by molar-refractivity contribution is 0.332. The van der Waals surface area contributed by atoms with Crippen molar-refractivity contribution in [3.05, 3.63) is 138 Å². The third-order valence-electron chi connectivity index (χ3n) is 13.9. The van der Waals surface area contributed by atoms with E-state index in [1.165, 1.54) is 116 Å². The zero-order valence-corrected chi connectivity index (χ0v) is 33.1. The fourth-order valence-electron chi connectivity index (χ4n) is 11.0. The SMILES string of the molecule is Cc1cc2c(cc1N1c3cc4c(cc3B3c5c(cc6ccccc6c51)-c1cccc5c6oc7ccccc7c6n3c15)sc1ccccc14)C(C)(C)CCC2(C)C. The van der Waals surface area contributed by atoms with Crippen LogP contribution in [0.15, 0.2) is 126 Å². The first-order chi connectivity index (χ1) is 27.2. The standard InChI is InChI=1S/C51H39BN2OS/c1-28-23-37-38(51(4,5)22-21-50(37,2)3)26-40(28)53-41-25-35-31-15-9-11-20-43(31)56-44(35)27-39(41)52-45-36(24-29-13-6-7-14-30(29)47(45)53)32-17-12-18-34-46(32)54(52)48-33-16-8-10-19-42(33)55-49(34)48/h6-20,23-27H,21-22H2,1-5H3. The highest BCUT2D eigenvalue weighted by Gasteiger charge is 2.46. The van der Waals surface area contributed by atoms with Gasteiger partial charge in [-0.05, 0) is 118 Å². The fraction of sp³-hybridized carbons (Fsp3) is 0.176. The van der Waals surface area contributed by atoms with E-state index in [0.717, 1.165) is 16.6 Å². The number of benzene rings is 7. The average Bonchev–Trinajstić information content (AvgIpc) is 3.87. The maximum Gasteiger partial charge on any atom is 0.333 e. The summed E-state index contributed by atoms with van der Waals surface area (Å²) in [5.41, 5.74) is 18.0. The summed E-state index contributed by atoms with van der Waals surface area (Å²) in [6.45, 7) is 12.1. The van der Waals surface area contributed by atoms with Gasteiger partial charge in [0.25, 0.3) is 0 Å². The molecular formula is C51H39BN2OS. The number of aryl methyl sites for hydroxylation is 1. The zero-order chi connectivity index (χ0) is 37.4. The molecule has 3 nitrogen and oxygen atoms in total. The van der Waals surface area contributed by atoms with E-state index in [-0.39, 0.29) is 17.7 Å². The van der Waals surface area contributed by atoms with Crippen LogP contribution in [-0.4, -0.2) is 11.3 Å². The summed E-state index contributed by atoms with van der Waals surface area (Å²) in [6.07, 6.45) is 2.37. The van der Waals surface area contributed by atoms with Gasteiger partial charge in [0, 0.05) is 58.8 Å². The van der Waals surface area contributed by atoms with Crippen LogP contribution < -0.4 is 15.8 Å². The van der Waals surface area contributed by atoms with E-state index in [9.17, 15) is 0 Å². The third kappa shape index (κ3) is 3.80. The summed E-state index contributed by atoms with van der Waals surface area (Å²) in [7, 11) is 0. The summed E-state index contributed by atoms with van der Waals surface area (Å²) in [4.78, 5) is 2.69. The first-order valence-electron chi connectivity index (χ1n) is 20.1. The summed E-state index contributed by atoms with van der Waals surface area (Å²) >= 11 is 1.91. The van der Waals surface area contributed by atoms with Crippen molar-refractivity contribution >= 4 is 110 Å². The van der Waals surface area contributed by atoms with E-state index < -0.39 is 0 Å². The highest BCUT2D eigenvalue weighted by Crippen LogP contribution is 2.53. The molecule has 0 fully saturated rings. The molecule has 2 aliphatic heterocycles. The molecule has 5 heteroatoms. The van der Waals surface area contributed by atoms with Gasteiger partial charge in [-0.3, -0.25) is 0 Å². The third-order valence-corrected chi connectivity index (χ3v) is 15.0. The van der Waals surface area contributed by atoms with E-state index in [0.29, 0.717) is 0 Å². The highest BCUT2D eigenvalue weighted by atomic mass is 32.1. The predicted octanol–water partition coefficient (Wildman–Crippen LogP) is 13.1. The number of rotatable bonds is 1. The molecule has 0 N–H and O–H groups in total. The monoisotopic (exact) mass is 738 g/mol. The van der Waals surface area contributed by atoms with Crippen LogP contribution in [0.1, 0.15) is 57.2 Å². The van der Waals surface area contributed by atoms with Gasteiger partial charge in [-0.25, -0.2) is 0 Å². The van der Waals surface area contributed by atoms with Gasteiger partial charge in [0.2, 0.25) is 0 Å². The van der Waals surface area contributed by atoms with Gasteiger partial charge < -0.3 is 13.8 Å². The second-order valence-corrected chi connectivity index (χ2v) is 19.0. The topological polar surface area (TPSA) is 21.3 Å². The molecule has 10 aromatic rings. The minimum absolute atomic E-state index is 0.0605. The van der Waals surface area contributed by atoms with Crippen LogP contribution in [0.4, 0.5) is 17.1 Å². The number of thiophene rings is 1. The second kappa shape index (κ2) is 10.3. The number of nitrogens with zero attached hydrogens (tertiary/aromatic N) is 2. The lowest BCUT2D eigenvalue weighted by Gasteiger charge is -2.45. The Bertz CT molecular complexity index is 3410. The van der Waals surface area contributed by atoms with Crippen molar-refractivity contribution in [2.24, 2.45) is 0 Å². The molecule has 7 aromatic carbocycles. The van der Waals surface area contributed by atoms with Crippen LogP contribution in [-0.2, 0) is 10.8 Å². The summed E-state index contributed by atoms with van der Waals surface area (Å²) in [5, 5.41) is 7.53. The minimum Gasteiger partial charge on any atom is -0.454 e. The van der Waals surface area contributed by atoms with E-state index in [1.807, 2.05) is 11.3 Å². The predicted molar refractivity (Wildman–Crippen MR) is 240 cm³/mol. The van der Waals surface area contributed by atoms with Crippen LogP contribution in [0.25, 0.3) is 75.0 Å². The first-order valence-corrected chi connectivity index (χ1v) is 20.9. The largest absolute Gasteiger partial charge is 0.454 e. The molecule has 0 bridgehead atoms. The van der Waals surface area contributed by atoms with Gasteiger partial charge in [-0.2, -0.15) is 0 Å². The molecule has 56 heavy (non-hydrogen) atoms. The Hall–Kier alpha value is -5.78. The maximum atomic E-state index is 6.81. The summed E-state index contributed by atoms with van der Waals surface area (Å²) in [6, 6.07) is 46.1. The first kappa shape index (κ1) is 31.4. The Balaban J connectivity index is 1.25. The van der Waals surface area contributed by atoms with Crippen molar-refractivity contribution in [1.82, 2.24) is 4.48 Å². The molecular weight excluding hydrogens is 699 g/mol. The van der Waals surface area contributed by atoms with Crippen LogP contribution in [0.2, 0.25) is 0 Å². The molecule has 0 unspecified atom stereocenters. The van der Waals surface area contributed by atoms with Crippen LogP contribution >= 0.6 is 11.3 Å². The lowest BCUT2D eigenvalue weighted by atomic mass is 9.44. The maximum absolute atomic E-state index is 6.81. The minimum atomic E-state index is -0.0605. The highest BCUT2D eigenvalue weighted by molar-refractivity contribution is 7.26. The molecule has 5 heterocycles. The zero-order valence-electron chi connectivity index (χ0n) is 32.2. The number of anilines is 3. The molecule has 0 atom stereocenters. The Morgan fingerprint density at radius 2 is 1.32 bits per heavy atom. The van der Waals surface area contributed by atoms with E-state index in [2.05, 4.69) is 165 Å². The van der Waals surface area contributed by atoms with Crippen molar-refractivity contribution < 1.29 is 4.42 Å². The Morgan fingerprint density at radius 1 is 0.607 bits per heavy atom. The number of furan rings is 1. The van der Waals surface area contributed by atoms with Gasteiger partial charge >= 0.3 is 6.85 Å². The average molecular weight is 739 g/mol. The second-order valence-electron chi connectivity index (χ2n) is 18.0. The Morgan fingerprint density at radius 3 is 2.16 bits per heavy atom. The Kier molecular flexibility index (Phi) is 5.80. The van der Waals surface area contributed by atoms with Crippen molar-refractivity contribution in [1.29, 1.82) is 0 Å². The molecule has 0 saturated heterocycles. The van der Waals surface area contributed by atoms with Crippen molar-refractivity contribution in [2.75, 3.05) is 4.90 Å². The number of para-hydroxylation sites is 2. The summed E-state index contributed by atoms with van der Waals surface area (Å²) < 4.78 is 12.1. The molecule has 0 radical (unpaired) electrons. The molecule has 0 spiro atoms. The molecule has 0 amide bonds. The van der Waals surface area contributed by atoms with Gasteiger partial charge in [-0.15, -0.1) is 11.3 Å². The van der Waals surface area contributed by atoms with Crippen molar-refractivity contribution in [3.63, 3.8) is 0 Å². The number of hydrogen-bond donors (Lipinski definition) is 0. The van der Waals surface area contributed by atoms with Gasteiger partial charge in [-0.1, -0.05) is 100 Å². The molecule has 3 aliphatic rings. The van der Waals surface area contributed by atoms with E-state index in [1.54, 1.807) is 0 Å².